The number of aromatic nitrogens is 2. The third kappa shape index (κ3) is 4.01. The molecular formula is C19H32BN3O4. The van der Waals surface area contributed by atoms with Crippen molar-refractivity contribution in [2.45, 2.75) is 84.7 Å². The number of aromatic amines is 1. The highest BCUT2D eigenvalue weighted by Crippen LogP contribution is 2.37. The second-order valence-corrected chi connectivity index (χ2v) is 9.80. The Hall–Kier alpha value is -1.54. The number of carbonyl (C=O) groups is 1. The van der Waals surface area contributed by atoms with Crippen LogP contribution >= 0.6 is 0 Å². The van der Waals surface area contributed by atoms with Crippen LogP contribution in [0.3, 0.4) is 0 Å². The largest absolute Gasteiger partial charge is 0.513 e. The molecule has 150 valence electrons. The van der Waals surface area contributed by atoms with E-state index in [4.69, 9.17) is 14.0 Å². The Labute approximate surface area is 162 Å². The van der Waals surface area contributed by atoms with Crippen molar-refractivity contribution in [2.75, 3.05) is 6.54 Å². The van der Waals surface area contributed by atoms with Crippen LogP contribution in [0, 0.1) is 5.92 Å². The summed E-state index contributed by atoms with van der Waals surface area (Å²) in [5.74, 6) is 1.13. The lowest BCUT2D eigenvalue weighted by molar-refractivity contribution is 0.00578. The summed E-state index contributed by atoms with van der Waals surface area (Å²) in [6.45, 7) is 16.5. The molecule has 1 aromatic rings. The summed E-state index contributed by atoms with van der Waals surface area (Å²) in [5.41, 5.74) is -0.571. The van der Waals surface area contributed by atoms with Gasteiger partial charge in [-0.05, 0) is 60.8 Å². The Kier molecular flexibility index (Phi) is 4.88. The lowest BCUT2D eigenvalue weighted by Crippen LogP contribution is -2.41. The maximum Gasteiger partial charge on any atom is 0.513 e. The monoisotopic (exact) mass is 377 g/mol. The SMILES string of the molecule is C[C@H]1C[C@@H](c2ncc(B3OC(C)(C)C(C)(C)O3)[nH]2)N(C(=O)OC(C)(C)C)C1. The van der Waals surface area contributed by atoms with Gasteiger partial charge in [0.15, 0.2) is 0 Å². The van der Waals surface area contributed by atoms with E-state index in [9.17, 15) is 4.79 Å². The first-order valence-corrected chi connectivity index (χ1v) is 9.69. The van der Waals surface area contributed by atoms with Crippen LogP contribution in [0.5, 0.6) is 0 Å². The number of H-pyrrole nitrogens is 1. The van der Waals surface area contributed by atoms with Gasteiger partial charge in [0.1, 0.15) is 11.4 Å². The van der Waals surface area contributed by atoms with Crippen LogP contribution in [0.4, 0.5) is 4.79 Å². The van der Waals surface area contributed by atoms with Gasteiger partial charge in [0.2, 0.25) is 0 Å². The van der Waals surface area contributed by atoms with E-state index in [0.29, 0.717) is 12.5 Å². The van der Waals surface area contributed by atoms with E-state index in [-0.39, 0.29) is 12.1 Å². The minimum Gasteiger partial charge on any atom is -0.444 e. The summed E-state index contributed by atoms with van der Waals surface area (Å²) in [7, 11) is -0.495. The second-order valence-electron chi connectivity index (χ2n) is 9.80. The molecule has 27 heavy (non-hydrogen) atoms. The summed E-state index contributed by atoms with van der Waals surface area (Å²) in [6, 6.07) is -0.133. The average Bonchev–Trinajstić information content (AvgIpc) is 3.14. The standard InChI is InChI=1S/C19H32BN3O4/c1-12-9-13(23(11-12)16(24)25-17(2,3)4)15-21-10-14(22-15)20-26-18(5,6)19(7,8)27-20/h10,12-13H,9,11H2,1-8H3,(H,21,22)/t12-,13-/m0/s1. The summed E-state index contributed by atoms with van der Waals surface area (Å²) in [4.78, 5) is 22.3. The summed E-state index contributed by atoms with van der Waals surface area (Å²) < 4.78 is 17.8. The van der Waals surface area contributed by atoms with E-state index in [1.54, 1.807) is 11.1 Å². The van der Waals surface area contributed by atoms with Gasteiger partial charge in [-0.1, -0.05) is 6.92 Å². The van der Waals surface area contributed by atoms with Gasteiger partial charge in [-0.25, -0.2) is 9.78 Å². The predicted octanol–water partition coefficient (Wildman–Crippen LogP) is 3.03. The molecular weight excluding hydrogens is 345 g/mol. The quantitative estimate of drug-likeness (QED) is 0.802. The van der Waals surface area contributed by atoms with E-state index in [0.717, 1.165) is 17.8 Å². The van der Waals surface area contributed by atoms with E-state index < -0.39 is 23.9 Å². The third-order valence-corrected chi connectivity index (χ3v) is 5.58. The van der Waals surface area contributed by atoms with E-state index in [1.807, 2.05) is 48.5 Å². The number of carbonyl (C=O) groups excluding carboxylic acids is 1. The molecule has 0 aromatic carbocycles. The molecule has 1 amide bonds. The van der Waals surface area contributed by atoms with Gasteiger partial charge in [0.25, 0.3) is 0 Å². The zero-order chi connectivity index (χ0) is 20.2. The van der Waals surface area contributed by atoms with Gasteiger partial charge in [0.05, 0.1) is 22.8 Å². The highest BCUT2D eigenvalue weighted by atomic mass is 16.7. The number of hydrogen-bond donors (Lipinski definition) is 1. The highest BCUT2D eigenvalue weighted by molar-refractivity contribution is 6.61. The lowest BCUT2D eigenvalue weighted by atomic mass is 9.86. The van der Waals surface area contributed by atoms with Gasteiger partial charge in [-0.15, -0.1) is 0 Å². The summed E-state index contributed by atoms with van der Waals surface area (Å²) in [5, 5.41) is 0. The Morgan fingerprint density at radius 1 is 1.30 bits per heavy atom. The number of rotatable bonds is 2. The molecule has 0 bridgehead atoms. The number of amides is 1. The molecule has 2 atom stereocenters. The topological polar surface area (TPSA) is 76.7 Å². The van der Waals surface area contributed by atoms with Crippen LogP contribution in [-0.4, -0.2) is 51.4 Å². The maximum atomic E-state index is 12.6. The van der Waals surface area contributed by atoms with Crippen LogP contribution in [0.1, 0.15) is 73.7 Å². The summed E-state index contributed by atoms with van der Waals surface area (Å²) in [6.07, 6.45) is 2.29. The smallest absolute Gasteiger partial charge is 0.444 e. The normalized spacial score (nSPS) is 27.3. The van der Waals surface area contributed by atoms with Crippen LogP contribution in [0.2, 0.25) is 0 Å². The molecule has 0 saturated carbocycles. The van der Waals surface area contributed by atoms with E-state index in [2.05, 4.69) is 16.9 Å². The van der Waals surface area contributed by atoms with Crippen molar-refractivity contribution >= 4 is 18.8 Å². The molecule has 0 unspecified atom stereocenters. The lowest BCUT2D eigenvalue weighted by Gasteiger charge is -2.32. The molecule has 1 N–H and O–H groups in total. The van der Waals surface area contributed by atoms with Crippen LogP contribution in [-0.2, 0) is 14.0 Å². The number of likely N-dealkylation sites (tertiary alicyclic amines) is 1. The molecule has 0 spiro atoms. The number of imidazole rings is 1. The molecule has 0 aliphatic carbocycles. The van der Waals surface area contributed by atoms with Gasteiger partial charge < -0.3 is 19.0 Å². The number of nitrogens with one attached hydrogen (secondary N) is 1. The van der Waals surface area contributed by atoms with Gasteiger partial charge in [-0.2, -0.15) is 0 Å². The van der Waals surface area contributed by atoms with Crippen LogP contribution < -0.4 is 5.59 Å². The molecule has 3 heterocycles. The van der Waals surface area contributed by atoms with Gasteiger partial charge in [0, 0.05) is 12.7 Å². The third-order valence-electron chi connectivity index (χ3n) is 5.58. The summed E-state index contributed by atoms with van der Waals surface area (Å²) >= 11 is 0. The molecule has 2 aliphatic rings. The van der Waals surface area contributed by atoms with Crippen molar-refractivity contribution < 1.29 is 18.8 Å². The van der Waals surface area contributed by atoms with Crippen molar-refractivity contribution in [3.63, 3.8) is 0 Å². The zero-order valence-electron chi connectivity index (χ0n) is 17.8. The van der Waals surface area contributed by atoms with Gasteiger partial charge in [-0.3, -0.25) is 4.90 Å². The molecule has 2 fully saturated rings. The maximum absolute atomic E-state index is 12.6. The van der Waals surface area contributed by atoms with E-state index >= 15 is 0 Å². The molecule has 8 heteroatoms. The predicted molar refractivity (Wildman–Crippen MR) is 104 cm³/mol. The fraction of sp³-hybridized carbons (Fsp3) is 0.789. The molecule has 2 saturated heterocycles. The fourth-order valence-electron chi connectivity index (χ4n) is 3.44. The number of nitrogens with zero attached hydrogens (tertiary/aromatic N) is 2. The molecule has 1 aromatic heterocycles. The van der Waals surface area contributed by atoms with Crippen LogP contribution in [0.15, 0.2) is 6.20 Å². The van der Waals surface area contributed by atoms with Crippen molar-refractivity contribution in [1.29, 1.82) is 0 Å². The number of hydrogen-bond acceptors (Lipinski definition) is 5. The van der Waals surface area contributed by atoms with Crippen molar-refractivity contribution in [1.82, 2.24) is 14.9 Å². The molecule has 3 rings (SSSR count). The van der Waals surface area contributed by atoms with Gasteiger partial charge >= 0.3 is 13.2 Å². The van der Waals surface area contributed by atoms with Crippen molar-refractivity contribution in [2.24, 2.45) is 5.92 Å². The second kappa shape index (κ2) is 6.52. The Morgan fingerprint density at radius 3 is 2.44 bits per heavy atom. The Bertz CT molecular complexity index is 694. The fourth-order valence-corrected chi connectivity index (χ4v) is 3.44. The molecule has 2 aliphatic heterocycles. The average molecular weight is 377 g/mol. The first kappa shape index (κ1) is 20.2. The molecule has 0 radical (unpaired) electrons. The Balaban J connectivity index is 1.78. The zero-order valence-corrected chi connectivity index (χ0v) is 17.8. The van der Waals surface area contributed by atoms with Crippen molar-refractivity contribution in [3.8, 4) is 0 Å². The number of ether oxygens (including phenoxy) is 1. The van der Waals surface area contributed by atoms with Crippen LogP contribution in [0.25, 0.3) is 0 Å². The Morgan fingerprint density at radius 2 is 1.89 bits per heavy atom. The highest BCUT2D eigenvalue weighted by Gasteiger charge is 2.52. The minimum atomic E-state index is -0.523. The van der Waals surface area contributed by atoms with E-state index in [1.165, 1.54) is 0 Å². The minimum absolute atomic E-state index is 0.133. The first-order valence-electron chi connectivity index (χ1n) is 9.69. The molecule has 7 nitrogen and oxygen atoms in total. The van der Waals surface area contributed by atoms with Crippen molar-refractivity contribution in [3.05, 3.63) is 12.0 Å². The first-order chi connectivity index (χ1) is 12.3.